The lowest BCUT2D eigenvalue weighted by atomic mass is 10.2. The number of amides is 1. The van der Waals surface area contributed by atoms with Gasteiger partial charge in [-0.2, -0.15) is 4.98 Å². The molecule has 0 saturated carbocycles. The van der Waals surface area contributed by atoms with Crippen LogP contribution in [-0.2, 0) is 14.3 Å². The van der Waals surface area contributed by atoms with Gasteiger partial charge >= 0.3 is 0 Å². The number of hydrogen-bond donors (Lipinski definition) is 3. The summed E-state index contributed by atoms with van der Waals surface area (Å²) >= 11 is 0. The zero-order valence-electron chi connectivity index (χ0n) is 20.8. The summed E-state index contributed by atoms with van der Waals surface area (Å²) in [5.41, 5.74) is 3.10. The van der Waals surface area contributed by atoms with E-state index in [0.29, 0.717) is 43.9 Å². The van der Waals surface area contributed by atoms with Gasteiger partial charge in [0.2, 0.25) is 11.9 Å². The molecule has 2 aromatic carbocycles. The Labute approximate surface area is 211 Å². The van der Waals surface area contributed by atoms with Gasteiger partial charge in [-0.05, 0) is 49.8 Å². The summed E-state index contributed by atoms with van der Waals surface area (Å²) in [4.78, 5) is 20.6. The molecule has 36 heavy (non-hydrogen) atoms. The van der Waals surface area contributed by atoms with Crippen LogP contribution < -0.4 is 20.7 Å². The van der Waals surface area contributed by atoms with Crippen molar-refractivity contribution in [3.05, 3.63) is 72.9 Å². The van der Waals surface area contributed by atoms with Crippen LogP contribution in [0.15, 0.2) is 67.4 Å². The highest BCUT2D eigenvalue weighted by atomic mass is 16.5. The molecule has 1 aromatic heterocycles. The van der Waals surface area contributed by atoms with Crippen LogP contribution in [0.2, 0.25) is 0 Å². The Kier molecular flexibility index (Phi) is 10.7. The van der Waals surface area contributed by atoms with Crippen LogP contribution in [0.1, 0.15) is 18.9 Å². The first-order valence-electron chi connectivity index (χ1n) is 11.9. The molecule has 0 aliphatic carbocycles. The number of rotatable bonds is 15. The molecule has 190 valence electrons. The Morgan fingerprint density at radius 2 is 1.64 bits per heavy atom. The number of ether oxygens (including phenoxy) is 3. The van der Waals surface area contributed by atoms with E-state index < -0.39 is 0 Å². The first kappa shape index (κ1) is 26.7. The minimum atomic E-state index is -0.271. The van der Waals surface area contributed by atoms with E-state index in [1.54, 1.807) is 12.3 Å². The molecule has 3 rings (SSSR count). The Hall–Kier alpha value is -3.95. The van der Waals surface area contributed by atoms with E-state index in [0.717, 1.165) is 35.7 Å². The zero-order chi connectivity index (χ0) is 25.6. The summed E-state index contributed by atoms with van der Waals surface area (Å²) in [7, 11) is 0. The molecule has 0 saturated heterocycles. The van der Waals surface area contributed by atoms with Crippen LogP contribution >= 0.6 is 0 Å². The summed E-state index contributed by atoms with van der Waals surface area (Å²) in [6, 6.07) is 14.9. The Morgan fingerprint density at radius 1 is 0.944 bits per heavy atom. The van der Waals surface area contributed by atoms with Crippen molar-refractivity contribution in [3.8, 4) is 5.75 Å². The fourth-order valence-electron chi connectivity index (χ4n) is 3.11. The third kappa shape index (κ3) is 9.01. The topological polar surface area (TPSA) is 107 Å². The maximum atomic E-state index is 11.6. The quantitative estimate of drug-likeness (QED) is 0.196. The van der Waals surface area contributed by atoms with Crippen molar-refractivity contribution in [2.24, 2.45) is 0 Å². The van der Waals surface area contributed by atoms with Gasteiger partial charge in [0.15, 0.2) is 0 Å². The molecule has 0 unspecified atom stereocenters. The number of anilines is 5. The molecule has 0 aliphatic rings. The van der Waals surface area contributed by atoms with Crippen LogP contribution in [0.4, 0.5) is 28.8 Å². The molecular formula is C27H33N5O4. The lowest BCUT2D eigenvalue weighted by molar-refractivity contribution is -0.111. The number of carbonyl (C=O) groups excluding carboxylic acids is 1. The Bertz CT molecular complexity index is 1140. The van der Waals surface area contributed by atoms with E-state index >= 15 is 0 Å². The summed E-state index contributed by atoms with van der Waals surface area (Å²) in [6.45, 7) is 10.3. The molecule has 3 aromatic rings. The van der Waals surface area contributed by atoms with Crippen LogP contribution in [0.5, 0.6) is 5.75 Å². The molecule has 0 aliphatic heterocycles. The zero-order valence-corrected chi connectivity index (χ0v) is 20.8. The SMILES string of the molecule is C=CC(=O)Nc1cccc(Nc2nc(Nc3cccc(OCCOCCOCCC)c3)ncc2C)c1. The molecule has 9 heteroatoms. The fourth-order valence-corrected chi connectivity index (χ4v) is 3.11. The second-order valence-electron chi connectivity index (χ2n) is 7.85. The number of aryl methyl sites for hydroxylation is 1. The molecule has 1 heterocycles. The molecule has 0 atom stereocenters. The first-order valence-corrected chi connectivity index (χ1v) is 11.9. The average molecular weight is 492 g/mol. The molecule has 0 fully saturated rings. The van der Waals surface area contributed by atoms with Crippen LogP contribution in [-0.4, -0.2) is 48.9 Å². The minimum absolute atomic E-state index is 0.271. The van der Waals surface area contributed by atoms with Crippen LogP contribution in [0.25, 0.3) is 0 Å². The van der Waals surface area contributed by atoms with Crippen LogP contribution in [0.3, 0.4) is 0 Å². The smallest absolute Gasteiger partial charge is 0.247 e. The van der Waals surface area contributed by atoms with Crippen LogP contribution in [0, 0.1) is 6.92 Å². The van der Waals surface area contributed by atoms with Crippen molar-refractivity contribution in [3.63, 3.8) is 0 Å². The number of carbonyl (C=O) groups is 1. The molecule has 9 nitrogen and oxygen atoms in total. The molecule has 0 radical (unpaired) electrons. The fraction of sp³-hybridized carbons (Fsp3) is 0.296. The number of aromatic nitrogens is 2. The van der Waals surface area contributed by atoms with E-state index in [9.17, 15) is 4.79 Å². The van der Waals surface area contributed by atoms with Gasteiger partial charge in [-0.1, -0.05) is 25.6 Å². The van der Waals surface area contributed by atoms with Gasteiger partial charge in [-0.15, -0.1) is 0 Å². The third-order valence-corrected chi connectivity index (χ3v) is 4.86. The number of nitrogens with one attached hydrogen (secondary N) is 3. The normalized spacial score (nSPS) is 10.5. The predicted molar refractivity (Wildman–Crippen MR) is 142 cm³/mol. The van der Waals surface area contributed by atoms with Gasteiger partial charge < -0.3 is 30.2 Å². The summed E-state index contributed by atoms with van der Waals surface area (Å²) in [5.74, 6) is 1.53. The van der Waals surface area contributed by atoms with Gasteiger partial charge in [0.05, 0.1) is 19.8 Å². The van der Waals surface area contributed by atoms with E-state index in [2.05, 4.69) is 39.4 Å². The highest BCUT2D eigenvalue weighted by molar-refractivity contribution is 5.99. The largest absolute Gasteiger partial charge is 0.491 e. The molecule has 3 N–H and O–H groups in total. The van der Waals surface area contributed by atoms with Gasteiger partial charge in [0.25, 0.3) is 0 Å². The number of nitrogens with zero attached hydrogens (tertiary/aromatic N) is 2. The van der Waals surface area contributed by atoms with Gasteiger partial charge in [-0.25, -0.2) is 4.98 Å². The Morgan fingerprint density at radius 3 is 2.42 bits per heavy atom. The highest BCUT2D eigenvalue weighted by Gasteiger charge is 2.07. The average Bonchev–Trinajstić information content (AvgIpc) is 2.88. The lowest BCUT2D eigenvalue weighted by Crippen LogP contribution is -2.11. The summed E-state index contributed by atoms with van der Waals surface area (Å²) < 4.78 is 16.7. The minimum Gasteiger partial charge on any atom is -0.491 e. The van der Waals surface area contributed by atoms with Crippen molar-refractivity contribution in [1.29, 1.82) is 0 Å². The molecule has 0 spiro atoms. The first-order chi connectivity index (χ1) is 17.6. The summed E-state index contributed by atoms with van der Waals surface area (Å²) in [5, 5.41) is 9.24. The second kappa shape index (κ2) is 14.4. The molecule has 1 amide bonds. The van der Waals surface area contributed by atoms with Gasteiger partial charge in [-0.3, -0.25) is 4.79 Å². The van der Waals surface area contributed by atoms with E-state index in [4.69, 9.17) is 14.2 Å². The van der Waals surface area contributed by atoms with Crippen molar-refractivity contribution < 1.29 is 19.0 Å². The second-order valence-corrected chi connectivity index (χ2v) is 7.85. The van der Waals surface area contributed by atoms with Crippen molar-refractivity contribution in [2.75, 3.05) is 49.0 Å². The van der Waals surface area contributed by atoms with E-state index in [-0.39, 0.29) is 5.91 Å². The maximum Gasteiger partial charge on any atom is 0.247 e. The third-order valence-electron chi connectivity index (χ3n) is 4.86. The molecule has 0 bridgehead atoms. The van der Waals surface area contributed by atoms with E-state index in [1.165, 1.54) is 6.08 Å². The van der Waals surface area contributed by atoms with Crippen molar-refractivity contribution in [2.45, 2.75) is 20.3 Å². The summed E-state index contributed by atoms with van der Waals surface area (Å²) in [6.07, 6.45) is 3.97. The van der Waals surface area contributed by atoms with Crippen molar-refractivity contribution in [1.82, 2.24) is 9.97 Å². The standard InChI is InChI=1S/C27H33N5O4/c1-4-12-34-13-14-35-15-16-36-24-11-7-10-23(18-24)31-27-28-19-20(3)26(32-27)30-22-9-6-8-21(17-22)29-25(33)5-2/h5-11,17-19H,2,4,12-16H2,1,3H3,(H,29,33)(H2,28,30,31,32). The van der Waals surface area contributed by atoms with E-state index in [1.807, 2.05) is 49.4 Å². The van der Waals surface area contributed by atoms with Gasteiger partial charge in [0.1, 0.15) is 18.2 Å². The molecular weight excluding hydrogens is 458 g/mol. The highest BCUT2D eigenvalue weighted by Crippen LogP contribution is 2.24. The predicted octanol–water partition coefficient (Wildman–Crippen LogP) is 5.22. The van der Waals surface area contributed by atoms with Crippen molar-refractivity contribution >= 4 is 34.7 Å². The maximum absolute atomic E-state index is 11.6. The Balaban J connectivity index is 1.56. The number of hydrogen-bond acceptors (Lipinski definition) is 8. The van der Waals surface area contributed by atoms with Gasteiger partial charge in [0, 0.05) is 41.5 Å². The monoisotopic (exact) mass is 491 g/mol. The lowest BCUT2D eigenvalue weighted by Gasteiger charge is -2.13. The number of benzene rings is 2.